The molecule has 1 fully saturated rings. The lowest BCUT2D eigenvalue weighted by Crippen LogP contribution is -2.44. The molecule has 0 atom stereocenters. The van der Waals surface area contributed by atoms with Crippen molar-refractivity contribution in [2.45, 2.75) is 13.3 Å². The first-order valence-electron chi connectivity index (χ1n) is 9.42. The van der Waals surface area contributed by atoms with Gasteiger partial charge in [-0.15, -0.1) is 22.7 Å². The Labute approximate surface area is 173 Å². The fourth-order valence-corrected chi connectivity index (χ4v) is 5.12. The monoisotopic (exact) mass is 412 g/mol. The highest BCUT2D eigenvalue weighted by Gasteiger charge is 2.17. The lowest BCUT2D eigenvalue weighted by atomic mass is 10.2. The van der Waals surface area contributed by atoms with Crippen molar-refractivity contribution in [2.75, 3.05) is 43.4 Å². The zero-order valence-electron chi connectivity index (χ0n) is 16.1. The highest BCUT2D eigenvalue weighted by atomic mass is 32.1. The number of aromatic nitrogens is 1. The van der Waals surface area contributed by atoms with Gasteiger partial charge in [0.25, 0.3) is 0 Å². The van der Waals surface area contributed by atoms with Crippen LogP contribution in [-0.2, 0) is 11.2 Å². The first-order chi connectivity index (χ1) is 13.6. The molecular weight excluding hydrogens is 388 g/mol. The summed E-state index contributed by atoms with van der Waals surface area (Å²) >= 11 is 3.25. The van der Waals surface area contributed by atoms with Crippen LogP contribution in [-0.4, -0.2) is 49.0 Å². The van der Waals surface area contributed by atoms with Crippen molar-refractivity contribution in [1.82, 2.24) is 9.88 Å². The van der Waals surface area contributed by atoms with Gasteiger partial charge in [0, 0.05) is 42.4 Å². The zero-order chi connectivity index (χ0) is 19.5. The van der Waals surface area contributed by atoms with E-state index in [9.17, 15) is 4.79 Å². The van der Waals surface area contributed by atoms with Gasteiger partial charge in [0.15, 0.2) is 0 Å². The third-order valence-corrected chi connectivity index (χ3v) is 6.75. The van der Waals surface area contributed by atoms with E-state index in [2.05, 4.69) is 45.3 Å². The molecule has 0 bridgehead atoms. The summed E-state index contributed by atoms with van der Waals surface area (Å²) < 4.78 is 0. The van der Waals surface area contributed by atoms with Gasteiger partial charge in [0.2, 0.25) is 5.91 Å². The number of piperazine rings is 1. The Morgan fingerprint density at radius 3 is 2.57 bits per heavy atom. The van der Waals surface area contributed by atoms with Crippen LogP contribution in [0.2, 0.25) is 0 Å². The molecule has 0 aliphatic carbocycles. The van der Waals surface area contributed by atoms with Crippen molar-refractivity contribution in [1.29, 1.82) is 0 Å². The molecule has 5 nitrogen and oxygen atoms in total. The van der Waals surface area contributed by atoms with E-state index < -0.39 is 0 Å². The van der Waals surface area contributed by atoms with Crippen molar-refractivity contribution in [2.24, 2.45) is 0 Å². The van der Waals surface area contributed by atoms with Gasteiger partial charge in [0.05, 0.1) is 22.0 Å². The van der Waals surface area contributed by atoms with Gasteiger partial charge < -0.3 is 15.1 Å². The highest BCUT2D eigenvalue weighted by Crippen LogP contribution is 2.31. The summed E-state index contributed by atoms with van der Waals surface area (Å²) in [5, 5.41) is 6.05. The summed E-state index contributed by atoms with van der Waals surface area (Å²) in [7, 11) is 2.16. The quantitative estimate of drug-likeness (QED) is 0.685. The minimum atomic E-state index is -0.00574. The second-order valence-corrected chi connectivity index (χ2v) is 9.28. The number of benzene rings is 1. The van der Waals surface area contributed by atoms with E-state index in [1.165, 1.54) is 5.69 Å². The Morgan fingerprint density at radius 1 is 1.14 bits per heavy atom. The molecule has 1 N–H and O–H groups in total. The number of nitrogens with one attached hydrogen (secondary N) is 1. The summed E-state index contributed by atoms with van der Waals surface area (Å²) in [5.74, 6) is -0.00574. The lowest BCUT2D eigenvalue weighted by molar-refractivity contribution is -0.115. The number of hydrogen-bond acceptors (Lipinski definition) is 6. The Hall–Kier alpha value is -2.22. The number of nitrogens with zero attached hydrogens (tertiary/aromatic N) is 3. The van der Waals surface area contributed by atoms with Gasteiger partial charge in [-0.3, -0.25) is 4.79 Å². The van der Waals surface area contributed by atoms with Crippen molar-refractivity contribution in [3.8, 4) is 10.6 Å². The normalized spacial score (nSPS) is 15.0. The van der Waals surface area contributed by atoms with Crippen molar-refractivity contribution >= 4 is 40.0 Å². The molecule has 146 valence electrons. The third-order valence-electron chi connectivity index (χ3n) is 4.90. The second-order valence-electron chi connectivity index (χ2n) is 7.04. The van der Waals surface area contributed by atoms with E-state index >= 15 is 0 Å². The number of likely N-dealkylation sites (N-methyl/N-ethyl adjacent to an activating group) is 1. The maximum absolute atomic E-state index is 12.6. The van der Waals surface area contributed by atoms with Gasteiger partial charge in [-0.2, -0.15) is 0 Å². The van der Waals surface area contributed by atoms with Crippen LogP contribution in [0.3, 0.4) is 0 Å². The highest BCUT2D eigenvalue weighted by molar-refractivity contribution is 7.15. The summed E-state index contributed by atoms with van der Waals surface area (Å²) in [4.78, 5) is 24.1. The van der Waals surface area contributed by atoms with E-state index in [0.29, 0.717) is 6.42 Å². The largest absolute Gasteiger partial charge is 0.369 e. The van der Waals surface area contributed by atoms with Crippen LogP contribution in [0.4, 0.5) is 11.4 Å². The minimum absolute atomic E-state index is 0.00574. The van der Waals surface area contributed by atoms with Crippen LogP contribution in [0.25, 0.3) is 10.6 Å². The topological polar surface area (TPSA) is 48.5 Å². The molecule has 4 rings (SSSR count). The number of aryl methyl sites for hydroxylation is 1. The molecule has 3 aromatic rings. The van der Waals surface area contributed by atoms with Crippen molar-refractivity contribution < 1.29 is 4.79 Å². The molecule has 1 saturated heterocycles. The number of anilines is 2. The van der Waals surface area contributed by atoms with Crippen molar-refractivity contribution in [3.05, 3.63) is 51.7 Å². The lowest BCUT2D eigenvalue weighted by Gasteiger charge is -2.34. The molecule has 2 aromatic heterocycles. The van der Waals surface area contributed by atoms with Gasteiger partial charge in [-0.1, -0.05) is 6.07 Å². The predicted molar refractivity (Wildman–Crippen MR) is 119 cm³/mol. The van der Waals surface area contributed by atoms with E-state index in [-0.39, 0.29) is 5.91 Å². The van der Waals surface area contributed by atoms with E-state index in [0.717, 1.165) is 52.3 Å². The number of thiazole rings is 1. The molecule has 0 unspecified atom stereocenters. The smallest absolute Gasteiger partial charge is 0.229 e. The summed E-state index contributed by atoms with van der Waals surface area (Å²) in [6.45, 7) is 6.23. The molecule has 0 saturated carbocycles. The average Bonchev–Trinajstić information content (AvgIpc) is 3.32. The van der Waals surface area contributed by atoms with Gasteiger partial charge in [0.1, 0.15) is 0 Å². The van der Waals surface area contributed by atoms with Crippen LogP contribution >= 0.6 is 22.7 Å². The fourth-order valence-electron chi connectivity index (χ4n) is 3.37. The van der Waals surface area contributed by atoms with Crippen LogP contribution in [0.15, 0.2) is 41.8 Å². The Kier molecular flexibility index (Phi) is 5.75. The Bertz CT molecular complexity index is 926. The number of hydrogen-bond donors (Lipinski definition) is 1. The molecule has 0 spiro atoms. The predicted octanol–water partition coefficient (Wildman–Crippen LogP) is 4.11. The maximum atomic E-state index is 12.6. The maximum Gasteiger partial charge on any atom is 0.229 e. The molecule has 7 heteroatoms. The summed E-state index contributed by atoms with van der Waals surface area (Å²) in [6, 6.07) is 12.2. The van der Waals surface area contributed by atoms with E-state index in [1.807, 2.05) is 30.5 Å². The van der Waals surface area contributed by atoms with Crippen LogP contribution < -0.4 is 10.2 Å². The molecule has 3 heterocycles. The first kappa shape index (κ1) is 19.1. The van der Waals surface area contributed by atoms with Gasteiger partial charge in [-0.05, 0) is 49.7 Å². The average molecular weight is 413 g/mol. The molecule has 1 amide bonds. The number of carbonyl (C=O) groups is 1. The van der Waals surface area contributed by atoms with Gasteiger partial charge >= 0.3 is 0 Å². The Balaban J connectivity index is 1.39. The zero-order valence-corrected chi connectivity index (χ0v) is 17.8. The van der Waals surface area contributed by atoms with Gasteiger partial charge in [-0.25, -0.2) is 4.98 Å². The molecule has 0 radical (unpaired) electrons. The molecule has 1 aromatic carbocycles. The Morgan fingerprint density at radius 2 is 1.89 bits per heavy atom. The van der Waals surface area contributed by atoms with Crippen molar-refractivity contribution in [3.63, 3.8) is 0 Å². The number of carbonyl (C=O) groups excluding carboxylic acids is 1. The molecule has 1 aliphatic rings. The van der Waals surface area contributed by atoms with Crippen LogP contribution in [0.1, 0.15) is 9.88 Å². The van der Waals surface area contributed by atoms with E-state index in [1.54, 1.807) is 22.7 Å². The number of thiophene rings is 1. The summed E-state index contributed by atoms with van der Waals surface area (Å²) in [5.41, 5.74) is 2.99. The second kappa shape index (κ2) is 8.43. The third kappa shape index (κ3) is 4.43. The summed E-state index contributed by atoms with van der Waals surface area (Å²) in [6.07, 6.45) is 0.346. The number of amides is 1. The molecular formula is C21H24N4OS2. The van der Waals surface area contributed by atoms with Crippen LogP contribution in [0.5, 0.6) is 0 Å². The van der Waals surface area contributed by atoms with E-state index in [4.69, 9.17) is 0 Å². The SMILES string of the molecule is Cc1nc(-c2cccs2)c(CC(=O)Nc2ccc(N3CCN(C)CC3)cc2)s1. The fraction of sp³-hybridized carbons (Fsp3) is 0.333. The first-order valence-corrected chi connectivity index (χ1v) is 11.1. The minimum Gasteiger partial charge on any atom is -0.369 e. The number of rotatable bonds is 5. The molecule has 28 heavy (non-hydrogen) atoms. The molecule has 1 aliphatic heterocycles. The van der Waals surface area contributed by atoms with Crippen LogP contribution in [0, 0.1) is 6.92 Å². The standard InChI is InChI=1S/C21H24N4OS2/c1-15-22-21(18-4-3-13-27-18)19(28-15)14-20(26)23-16-5-7-17(8-6-16)25-11-9-24(2)10-12-25/h3-8,13H,9-12,14H2,1-2H3,(H,23,26).